The van der Waals surface area contributed by atoms with Crippen molar-refractivity contribution in [3.63, 3.8) is 0 Å². The van der Waals surface area contributed by atoms with Crippen LogP contribution in [0.4, 0.5) is 13.2 Å². The first-order chi connectivity index (χ1) is 11.0. The summed E-state index contributed by atoms with van der Waals surface area (Å²) in [5.41, 5.74) is 0.444. The van der Waals surface area contributed by atoms with Gasteiger partial charge in [0.05, 0.1) is 27.2 Å². The standard InChI is InChI=1S/C16H17BF3NO2S/c1-14(2)15(3,4)23-17(22-14)12-6-10(13-8-21-9-24-13)5-11(7-12)16(18,19)20/h5-9H,1-4H3. The van der Waals surface area contributed by atoms with Crippen LogP contribution in [-0.2, 0) is 15.5 Å². The molecule has 0 unspecified atom stereocenters. The molecule has 0 atom stereocenters. The highest BCUT2D eigenvalue weighted by atomic mass is 32.1. The largest absolute Gasteiger partial charge is 0.494 e. The van der Waals surface area contributed by atoms with Crippen LogP contribution in [0.25, 0.3) is 10.4 Å². The number of hydrogen-bond donors (Lipinski definition) is 0. The molecule has 2 heterocycles. The maximum atomic E-state index is 13.3. The van der Waals surface area contributed by atoms with Crippen molar-refractivity contribution in [3.05, 3.63) is 35.5 Å². The average Bonchev–Trinajstić information content (AvgIpc) is 3.04. The second kappa shape index (κ2) is 5.57. The molecular formula is C16H17BF3NO2S. The number of alkyl halides is 3. The Hall–Kier alpha value is -1.38. The molecule has 1 aromatic carbocycles. The Kier molecular flexibility index (Phi) is 4.05. The fourth-order valence-electron chi connectivity index (χ4n) is 2.43. The van der Waals surface area contributed by atoms with Crippen LogP contribution in [0.2, 0.25) is 0 Å². The summed E-state index contributed by atoms with van der Waals surface area (Å²) in [5, 5.41) is 0. The minimum absolute atomic E-state index is 0.354. The van der Waals surface area contributed by atoms with Gasteiger partial charge in [0.2, 0.25) is 0 Å². The Morgan fingerprint density at radius 1 is 1.04 bits per heavy atom. The van der Waals surface area contributed by atoms with Crippen molar-refractivity contribution >= 4 is 23.9 Å². The van der Waals surface area contributed by atoms with E-state index in [1.807, 2.05) is 27.7 Å². The third kappa shape index (κ3) is 3.10. The Morgan fingerprint density at radius 3 is 2.17 bits per heavy atom. The van der Waals surface area contributed by atoms with Crippen molar-refractivity contribution in [3.8, 4) is 10.4 Å². The Bertz CT molecular complexity index is 728. The Morgan fingerprint density at radius 2 is 1.67 bits per heavy atom. The molecule has 0 bridgehead atoms. The minimum atomic E-state index is -4.45. The Balaban J connectivity index is 2.07. The molecule has 1 fully saturated rings. The van der Waals surface area contributed by atoms with Crippen molar-refractivity contribution < 1.29 is 22.5 Å². The van der Waals surface area contributed by atoms with E-state index in [9.17, 15) is 13.2 Å². The predicted octanol–water partition coefficient (Wildman–Crippen LogP) is 4.13. The normalized spacial score (nSPS) is 19.7. The molecule has 0 aliphatic carbocycles. The number of aromatic nitrogens is 1. The molecule has 128 valence electrons. The van der Waals surface area contributed by atoms with E-state index in [0.29, 0.717) is 15.9 Å². The van der Waals surface area contributed by atoms with Crippen LogP contribution >= 0.6 is 11.3 Å². The highest BCUT2D eigenvalue weighted by molar-refractivity contribution is 7.13. The molecule has 2 aromatic rings. The van der Waals surface area contributed by atoms with Gasteiger partial charge in [-0.2, -0.15) is 13.2 Å². The van der Waals surface area contributed by atoms with Crippen molar-refractivity contribution in [2.24, 2.45) is 0 Å². The maximum Gasteiger partial charge on any atom is 0.494 e. The second-order valence-corrected chi connectivity index (χ2v) is 7.68. The van der Waals surface area contributed by atoms with E-state index in [0.717, 1.165) is 12.1 Å². The quantitative estimate of drug-likeness (QED) is 0.760. The summed E-state index contributed by atoms with van der Waals surface area (Å²) < 4.78 is 51.6. The lowest BCUT2D eigenvalue weighted by molar-refractivity contribution is -0.137. The molecule has 0 radical (unpaired) electrons. The highest BCUT2D eigenvalue weighted by Gasteiger charge is 2.52. The molecule has 8 heteroatoms. The summed E-state index contributed by atoms with van der Waals surface area (Å²) in [6, 6.07) is 3.89. The average molecular weight is 355 g/mol. The molecule has 0 amide bonds. The summed E-state index contributed by atoms with van der Waals surface area (Å²) in [6.45, 7) is 7.46. The first-order valence-electron chi connectivity index (χ1n) is 7.46. The van der Waals surface area contributed by atoms with Crippen molar-refractivity contribution in [2.75, 3.05) is 0 Å². The zero-order valence-electron chi connectivity index (χ0n) is 13.8. The van der Waals surface area contributed by atoms with Gasteiger partial charge in [0, 0.05) is 6.20 Å². The zero-order valence-corrected chi connectivity index (χ0v) is 14.6. The summed E-state index contributed by atoms with van der Waals surface area (Å²) in [6.07, 6.45) is -2.90. The van der Waals surface area contributed by atoms with Crippen LogP contribution in [0.15, 0.2) is 29.9 Å². The van der Waals surface area contributed by atoms with Gasteiger partial charge in [-0.05, 0) is 44.8 Å². The number of hydrogen-bond acceptors (Lipinski definition) is 4. The molecule has 1 aliphatic heterocycles. The zero-order chi connectivity index (χ0) is 17.8. The van der Waals surface area contributed by atoms with Crippen LogP contribution in [0, 0.1) is 0 Å². The molecule has 1 aliphatic rings. The number of benzene rings is 1. The number of nitrogens with zero attached hydrogens (tertiary/aromatic N) is 1. The molecule has 0 spiro atoms. The van der Waals surface area contributed by atoms with Gasteiger partial charge in [-0.1, -0.05) is 12.1 Å². The molecular weight excluding hydrogens is 338 g/mol. The lowest BCUT2D eigenvalue weighted by Gasteiger charge is -2.32. The smallest absolute Gasteiger partial charge is 0.399 e. The van der Waals surface area contributed by atoms with Gasteiger partial charge in [-0.25, -0.2) is 0 Å². The molecule has 1 saturated heterocycles. The topological polar surface area (TPSA) is 31.4 Å². The first kappa shape index (κ1) is 17.4. The monoisotopic (exact) mass is 355 g/mol. The van der Waals surface area contributed by atoms with Gasteiger partial charge >= 0.3 is 13.3 Å². The molecule has 0 saturated carbocycles. The molecule has 0 N–H and O–H groups in total. The van der Waals surface area contributed by atoms with Crippen LogP contribution in [0.1, 0.15) is 33.3 Å². The minimum Gasteiger partial charge on any atom is -0.399 e. The van der Waals surface area contributed by atoms with Crippen LogP contribution in [0.3, 0.4) is 0 Å². The molecule has 24 heavy (non-hydrogen) atoms. The number of halogens is 3. The summed E-state index contributed by atoms with van der Waals surface area (Å²) in [5.74, 6) is 0. The van der Waals surface area contributed by atoms with Gasteiger partial charge in [-0.15, -0.1) is 11.3 Å². The van der Waals surface area contributed by atoms with Crippen molar-refractivity contribution in [1.29, 1.82) is 0 Å². The van der Waals surface area contributed by atoms with E-state index >= 15 is 0 Å². The fraction of sp³-hybridized carbons (Fsp3) is 0.438. The first-order valence-corrected chi connectivity index (χ1v) is 8.34. The lowest BCUT2D eigenvalue weighted by atomic mass is 9.77. The molecule has 1 aromatic heterocycles. The van der Waals surface area contributed by atoms with E-state index in [1.165, 1.54) is 11.3 Å². The Labute approximate surface area is 143 Å². The van der Waals surface area contributed by atoms with Crippen molar-refractivity contribution in [2.45, 2.75) is 45.1 Å². The van der Waals surface area contributed by atoms with Gasteiger partial charge in [-0.3, -0.25) is 4.98 Å². The van der Waals surface area contributed by atoms with Gasteiger partial charge in [0.1, 0.15) is 0 Å². The SMILES string of the molecule is CC1(C)OB(c2cc(-c3cncs3)cc(C(F)(F)F)c2)OC1(C)C. The summed E-state index contributed by atoms with van der Waals surface area (Å²) in [4.78, 5) is 4.60. The van der Waals surface area contributed by atoms with Gasteiger partial charge < -0.3 is 9.31 Å². The lowest BCUT2D eigenvalue weighted by Crippen LogP contribution is -2.41. The van der Waals surface area contributed by atoms with E-state index in [2.05, 4.69) is 4.98 Å². The van der Waals surface area contributed by atoms with Crippen LogP contribution < -0.4 is 5.46 Å². The highest BCUT2D eigenvalue weighted by Crippen LogP contribution is 2.38. The predicted molar refractivity (Wildman–Crippen MR) is 88.3 cm³/mol. The van der Waals surface area contributed by atoms with Gasteiger partial charge in [0.15, 0.2) is 0 Å². The maximum absolute atomic E-state index is 13.3. The van der Waals surface area contributed by atoms with Crippen LogP contribution in [0.5, 0.6) is 0 Å². The number of rotatable bonds is 2. The fourth-order valence-corrected chi connectivity index (χ4v) is 3.04. The van der Waals surface area contributed by atoms with E-state index in [1.54, 1.807) is 17.8 Å². The van der Waals surface area contributed by atoms with Crippen LogP contribution in [-0.4, -0.2) is 23.3 Å². The van der Waals surface area contributed by atoms with Crippen molar-refractivity contribution in [1.82, 2.24) is 4.98 Å². The van der Waals surface area contributed by atoms with Gasteiger partial charge in [0.25, 0.3) is 0 Å². The second-order valence-electron chi connectivity index (χ2n) is 6.80. The molecule has 3 nitrogen and oxygen atoms in total. The summed E-state index contributed by atoms with van der Waals surface area (Å²) in [7, 11) is -0.844. The third-order valence-electron chi connectivity index (χ3n) is 4.52. The number of thiazole rings is 1. The van der Waals surface area contributed by atoms with E-state index in [-0.39, 0.29) is 0 Å². The van der Waals surface area contributed by atoms with E-state index in [4.69, 9.17) is 9.31 Å². The molecule has 3 rings (SSSR count). The van der Waals surface area contributed by atoms with E-state index < -0.39 is 30.1 Å². The third-order valence-corrected chi connectivity index (χ3v) is 5.35. The summed E-state index contributed by atoms with van der Waals surface area (Å²) >= 11 is 1.29.